The van der Waals surface area contributed by atoms with E-state index in [1.165, 1.54) is 23.3 Å². The summed E-state index contributed by atoms with van der Waals surface area (Å²) in [4.78, 5) is 41.8. The van der Waals surface area contributed by atoms with Crippen LogP contribution in [0.15, 0.2) is 78.2 Å². The summed E-state index contributed by atoms with van der Waals surface area (Å²) in [5.41, 5.74) is 1.24. The Hall–Kier alpha value is -3.26. The minimum absolute atomic E-state index is 0.271. The summed E-state index contributed by atoms with van der Waals surface area (Å²) in [5, 5.41) is 12.5. The summed E-state index contributed by atoms with van der Waals surface area (Å²) in [7, 11) is 1.38. The Morgan fingerprint density at radius 1 is 1.09 bits per heavy atom. The lowest BCUT2D eigenvalue weighted by Crippen LogP contribution is -2.47. The Morgan fingerprint density at radius 3 is 2.49 bits per heavy atom. The molecule has 4 rings (SSSR count). The first-order valence-corrected chi connectivity index (χ1v) is 12.3. The van der Waals surface area contributed by atoms with Crippen LogP contribution in [0.3, 0.4) is 0 Å². The van der Waals surface area contributed by atoms with Crippen molar-refractivity contribution in [3.8, 4) is 0 Å². The Kier molecular flexibility index (Phi) is 7.80. The molecule has 2 heterocycles. The Labute approximate surface area is 212 Å². The lowest BCUT2D eigenvalue weighted by molar-refractivity contribution is -0.151. The molecule has 0 spiro atoms. The smallest absolute Gasteiger partial charge is 0.327 e. The van der Waals surface area contributed by atoms with Gasteiger partial charge in [-0.2, -0.15) is 0 Å². The Balaban J connectivity index is 1.89. The normalized spacial score (nSPS) is 21.9. The molecule has 180 valence electrons. The zero-order valence-electron chi connectivity index (χ0n) is 18.9. The average molecular weight is 510 g/mol. The number of rotatable bonds is 8. The van der Waals surface area contributed by atoms with E-state index in [1.807, 2.05) is 53.9 Å². The number of hydrogen-bond acceptors (Lipinski definition) is 5. The van der Waals surface area contributed by atoms with Gasteiger partial charge in [0, 0.05) is 28.5 Å². The van der Waals surface area contributed by atoms with Crippen molar-refractivity contribution >= 4 is 46.7 Å². The fourth-order valence-corrected chi connectivity index (χ4v) is 5.78. The summed E-state index contributed by atoms with van der Waals surface area (Å²) in [6.07, 6.45) is 3.56. The number of ether oxygens (including phenoxy) is 1. The van der Waals surface area contributed by atoms with E-state index in [0.717, 1.165) is 10.4 Å². The molecule has 2 aromatic carbocycles. The summed E-state index contributed by atoms with van der Waals surface area (Å²) < 4.78 is 5.07. The number of aliphatic carboxylic acids is 1. The molecule has 4 atom stereocenters. The van der Waals surface area contributed by atoms with Crippen LogP contribution in [0.4, 0.5) is 0 Å². The summed E-state index contributed by atoms with van der Waals surface area (Å²) in [6, 6.07) is 17.6. The number of benzene rings is 2. The van der Waals surface area contributed by atoms with Crippen LogP contribution in [0.1, 0.15) is 26.7 Å². The highest BCUT2D eigenvalue weighted by Gasteiger charge is 2.56. The minimum atomic E-state index is -1.24. The lowest BCUT2D eigenvalue weighted by Gasteiger charge is -2.28. The SMILES string of the molecule is COCC(=O)N1C(C=Cc2ccccc2)C(C(=O)c2cccc(Cl)c2)C(c2cccs2)C1C(=O)O. The zero-order valence-corrected chi connectivity index (χ0v) is 20.5. The number of carboxylic acids is 1. The third kappa shape index (κ3) is 5.22. The number of carbonyl (C=O) groups excluding carboxylic acids is 2. The number of methoxy groups -OCH3 is 1. The van der Waals surface area contributed by atoms with Crippen LogP contribution in [0.5, 0.6) is 0 Å². The number of ketones is 1. The van der Waals surface area contributed by atoms with Gasteiger partial charge in [-0.3, -0.25) is 9.59 Å². The van der Waals surface area contributed by atoms with Crippen LogP contribution < -0.4 is 0 Å². The standard InChI is InChI=1S/C27H24ClNO5S/c1-34-16-22(30)29-20(13-12-17-7-3-2-4-8-17)23(26(31)18-9-5-10-19(28)15-18)24(25(29)27(32)33)21-11-6-14-35-21/h2-15,20,23-25H,16H2,1H3,(H,32,33). The van der Waals surface area contributed by atoms with Crippen molar-refractivity contribution in [3.63, 3.8) is 0 Å². The first-order chi connectivity index (χ1) is 16.9. The van der Waals surface area contributed by atoms with Gasteiger partial charge >= 0.3 is 5.97 Å². The molecular formula is C27H24ClNO5S. The number of hydrogen-bond donors (Lipinski definition) is 1. The van der Waals surface area contributed by atoms with E-state index in [9.17, 15) is 19.5 Å². The number of nitrogens with zero attached hydrogens (tertiary/aromatic N) is 1. The molecule has 8 heteroatoms. The maximum Gasteiger partial charge on any atom is 0.327 e. The van der Waals surface area contributed by atoms with Crippen molar-refractivity contribution in [1.29, 1.82) is 0 Å². The number of thiophene rings is 1. The minimum Gasteiger partial charge on any atom is -0.480 e. The maximum atomic E-state index is 14.0. The van der Waals surface area contributed by atoms with Gasteiger partial charge in [0.1, 0.15) is 12.6 Å². The summed E-state index contributed by atoms with van der Waals surface area (Å²) in [6.45, 7) is -0.297. The van der Waals surface area contributed by atoms with E-state index in [2.05, 4.69) is 0 Å². The van der Waals surface area contributed by atoms with Gasteiger partial charge in [0.15, 0.2) is 5.78 Å². The van der Waals surface area contributed by atoms with Gasteiger partial charge in [-0.05, 0) is 29.1 Å². The van der Waals surface area contributed by atoms with E-state index in [0.29, 0.717) is 10.6 Å². The second-order valence-electron chi connectivity index (χ2n) is 8.22. The molecule has 0 bridgehead atoms. The van der Waals surface area contributed by atoms with Gasteiger partial charge in [0.25, 0.3) is 0 Å². The third-order valence-corrected chi connectivity index (χ3v) is 7.30. The first kappa shape index (κ1) is 24.9. The van der Waals surface area contributed by atoms with Gasteiger partial charge in [0.2, 0.25) is 5.91 Å². The molecule has 3 aromatic rings. The molecule has 0 saturated carbocycles. The van der Waals surface area contributed by atoms with Crippen molar-refractivity contribution in [2.24, 2.45) is 5.92 Å². The van der Waals surface area contributed by atoms with Crippen LogP contribution in [0, 0.1) is 5.92 Å². The van der Waals surface area contributed by atoms with Crippen LogP contribution >= 0.6 is 22.9 Å². The topological polar surface area (TPSA) is 83.9 Å². The van der Waals surface area contributed by atoms with Gasteiger partial charge in [-0.25, -0.2) is 4.79 Å². The van der Waals surface area contributed by atoms with Crippen molar-refractivity contribution < 1.29 is 24.2 Å². The second-order valence-corrected chi connectivity index (χ2v) is 9.63. The Bertz CT molecular complexity index is 1230. The molecule has 0 aliphatic carbocycles. The highest BCUT2D eigenvalue weighted by Crippen LogP contribution is 2.46. The van der Waals surface area contributed by atoms with E-state index in [1.54, 1.807) is 30.3 Å². The first-order valence-electron chi connectivity index (χ1n) is 11.0. The Morgan fingerprint density at radius 2 is 1.86 bits per heavy atom. The van der Waals surface area contributed by atoms with Crippen LogP contribution in [-0.2, 0) is 14.3 Å². The number of carboxylic acid groups (broad SMARTS) is 1. The predicted octanol–water partition coefficient (Wildman–Crippen LogP) is 5.01. The number of amides is 1. The van der Waals surface area contributed by atoms with Gasteiger partial charge in [-0.1, -0.05) is 72.3 Å². The van der Waals surface area contributed by atoms with E-state index < -0.39 is 35.8 Å². The number of Topliss-reactive ketones (excluding diaryl/α,β-unsaturated/α-hetero) is 1. The monoisotopic (exact) mass is 509 g/mol. The summed E-state index contributed by atoms with van der Waals surface area (Å²) >= 11 is 7.54. The van der Waals surface area contributed by atoms with Gasteiger partial charge in [-0.15, -0.1) is 11.3 Å². The van der Waals surface area contributed by atoms with Crippen LogP contribution in [-0.4, -0.2) is 53.5 Å². The highest BCUT2D eigenvalue weighted by molar-refractivity contribution is 7.10. The number of halogens is 1. The quantitative estimate of drug-likeness (QED) is 0.432. The molecular weight excluding hydrogens is 486 g/mol. The molecule has 1 saturated heterocycles. The van der Waals surface area contributed by atoms with Crippen molar-refractivity contribution in [3.05, 3.63) is 99.2 Å². The maximum absolute atomic E-state index is 14.0. The second kappa shape index (κ2) is 11.0. The molecule has 35 heavy (non-hydrogen) atoms. The molecule has 1 amide bonds. The van der Waals surface area contributed by atoms with E-state index in [4.69, 9.17) is 16.3 Å². The van der Waals surface area contributed by atoms with Gasteiger partial charge in [0.05, 0.1) is 12.0 Å². The van der Waals surface area contributed by atoms with Crippen LogP contribution in [0.2, 0.25) is 5.02 Å². The molecule has 4 unspecified atom stereocenters. The molecule has 0 radical (unpaired) electrons. The fourth-order valence-electron chi connectivity index (χ4n) is 4.68. The highest BCUT2D eigenvalue weighted by atomic mass is 35.5. The van der Waals surface area contributed by atoms with Crippen molar-refractivity contribution in [1.82, 2.24) is 4.90 Å². The number of carbonyl (C=O) groups is 3. The zero-order chi connectivity index (χ0) is 24.9. The molecule has 1 aromatic heterocycles. The summed E-state index contributed by atoms with van der Waals surface area (Å²) in [5.74, 6) is -3.52. The van der Waals surface area contributed by atoms with E-state index >= 15 is 0 Å². The fraction of sp³-hybridized carbons (Fsp3) is 0.222. The predicted molar refractivity (Wildman–Crippen MR) is 136 cm³/mol. The molecule has 1 fully saturated rings. The third-order valence-electron chi connectivity index (χ3n) is 6.09. The van der Waals surface area contributed by atoms with Crippen molar-refractivity contribution in [2.45, 2.75) is 18.0 Å². The van der Waals surface area contributed by atoms with Gasteiger partial charge < -0.3 is 14.7 Å². The molecule has 6 nitrogen and oxygen atoms in total. The largest absolute Gasteiger partial charge is 0.480 e. The lowest BCUT2D eigenvalue weighted by atomic mass is 9.80. The van der Waals surface area contributed by atoms with E-state index in [-0.39, 0.29) is 12.4 Å². The number of likely N-dealkylation sites (tertiary alicyclic amines) is 1. The molecule has 1 aliphatic rings. The average Bonchev–Trinajstić information content (AvgIpc) is 3.49. The van der Waals surface area contributed by atoms with Crippen molar-refractivity contribution in [2.75, 3.05) is 13.7 Å². The molecule has 1 aliphatic heterocycles. The molecule has 1 N–H and O–H groups in total. The van der Waals surface area contributed by atoms with Crippen LogP contribution in [0.25, 0.3) is 6.08 Å².